The number of hydrogen-bond acceptors (Lipinski definition) is 9. The fraction of sp³-hybridized carbons (Fsp3) is 0.895. The largest absolute Gasteiger partial charge is 0.481 e. The van der Waals surface area contributed by atoms with Crippen LogP contribution in [0.1, 0.15) is 19.3 Å². The van der Waals surface area contributed by atoms with Crippen molar-refractivity contribution in [2.75, 3.05) is 92.4 Å². The van der Waals surface area contributed by atoms with E-state index in [1.807, 2.05) is 0 Å². The Morgan fingerprint density at radius 3 is 1.40 bits per heavy atom. The predicted octanol–water partition coefficient (Wildman–Crippen LogP) is -0.551. The highest BCUT2D eigenvalue weighted by Crippen LogP contribution is 1.89. The second kappa shape index (κ2) is 23.9. The van der Waals surface area contributed by atoms with Crippen LogP contribution in [0.15, 0.2) is 0 Å². The third-order valence-electron chi connectivity index (χ3n) is 3.45. The minimum atomic E-state index is -0.980. The third-order valence-corrected chi connectivity index (χ3v) is 3.45. The van der Waals surface area contributed by atoms with Crippen LogP contribution in [0.3, 0.4) is 0 Å². The van der Waals surface area contributed by atoms with Gasteiger partial charge in [0.15, 0.2) is 0 Å². The Hall–Kier alpha value is -1.34. The molecule has 1 amide bonds. The molecular weight excluding hydrogens is 402 g/mol. The van der Waals surface area contributed by atoms with Gasteiger partial charge in [-0.15, -0.1) is 0 Å². The highest BCUT2D eigenvalue weighted by atomic mass is 16.6. The van der Waals surface area contributed by atoms with Crippen LogP contribution in [0.5, 0.6) is 0 Å². The van der Waals surface area contributed by atoms with Crippen molar-refractivity contribution in [3.05, 3.63) is 0 Å². The SMILES string of the molecule is O=C(O)CCC(=O)NCCCOCCOCCOCCOCCOCCOCCO. The molecule has 178 valence electrons. The molecule has 3 N–H and O–H groups in total. The van der Waals surface area contributed by atoms with Crippen LogP contribution in [0.2, 0.25) is 0 Å². The summed E-state index contributed by atoms with van der Waals surface area (Å²) in [7, 11) is 0. The van der Waals surface area contributed by atoms with E-state index in [2.05, 4.69) is 5.32 Å². The Kier molecular flexibility index (Phi) is 22.9. The molecule has 11 nitrogen and oxygen atoms in total. The molecule has 0 saturated carbocycles. The lowest BCUT2D eigenvalue weighted by Crippen LogP contribution is -2.25. The number of aliphatic carboxylic acids is 1. The van der Waals surface area contributed by atoms with Gasteiger partial charge in [0, 0.05) is 19.6 Å². The molecule has 0 aliphatic rings. The van der Waals surface area contributed by atoms with Gasteiger partial charge in [0.05, 0.1) is 85.7 Å². The van der Waals surface area contributed by atoms with Gasteiger partial charge in [-0.2, -0.15) is 0 Å². The van der Waals surface area contributed by atoms with E-state index >= 15 is 0 Å². The van der Waals surface area contributed by atoms with E-state index in [0.29, 0.717) is 92.2 Å². The number of carboxylic acid groups (broad SMARTS) is 1. The molecule has 0 aromatic rings. The normalized spacial score (nSPS) is 11.0. The van der Waals surface area contributed by atoms with Gasteiger partial charge in [0.1, 0.15) is 0 Å². The fourth-order valence-electron chi connectivity index (χ4n) is 1.98. The molecule has 0 atom stereocenters. The average Bonchev–Trinajstić information content (AvgIpc) is 2.73. The molecule has 11 heteroatoms. The number of nitrogens with one attached hydrogen (secondary N) is 1. The molecule has 0 aromatic heterocycles. The van der Waals surface area contributed by atoms with Crippen molar-refractivity contribution in [2.45, 2.75) is 19.3 Å². The van der Waals surface area contributed by atoms with E-state index in [-0.39, 0.29) is 25.4 Å². The van der Waals surface area contributed by atoms with Gasteiger partial charge in [-0.05, 0) is 6.42 Å². The van der Waals surface area contributed by atoms with Crippen molar-refractivity contribution >= 4 is 11.9 Å². The number of aliphatic hydroxyl groups excluding tert-OH is 1. The number of ether oxygens (including phenoxy) is 6. The van der Waals surface area contributed by atoms with Crippen LogP contribution < -0.4 is 5.32 Å². The van der Waals surface area contributed by atoms with Gasteiger partial charge in [0.25, 0.3) is 0 Å². The lowest BCUT2D eigenvalue weighted by molar-refractivity contribution is -0.138. The Labute approximate surface area is 177 Å². The van der Waals surface area contributed by atoms with Gasteiger partial charge in [-0.25, -0.2) is 0 Å². The highest BCUT2D eigenvalue weighted by molar-refractivity contribution is 5.80. The first-order valence-corrected chi connectivity index (χ1v) is 10.2. The number of amides is 1. The van der Waals surface area contributed by atoms with Crippen LogP contribution in [-0.4, -0.2) is 115 Å². The molecule has 0 aromatic carbocycles. The zero-order valence-electron chi connectivity index (χ0n) is 17.7. The zero-order valence-corrected chi connectivity index (χ0v) is 17.7. The maximum atomic E-state index is 11.3. The van der Waals surface area contributed by atoms with Crippen molar-refractivity contribution in [1.29, 1.82) is 0 Å². The van der Waals surface area contributed by atoms with Crippen molar-refractivity contribution in [1.82, 2.24) is 5.32 Å². The summed E-state index contributed by atoms with van der Waals surface area (Å²) in [5.41, 5.74) is 0. The summed E-state index contributed by atoms with van der Waals surface area (Å²) >= 11 is 0. The fourth-order valence-corrected chi connectivity index (χ4v) is 1.98. The quantitative estimate of drug-likeness (QED) is 0.168. The van der Waals surface area contributed by atoms with Crippen LogP contribution in [0.25, 0.3) is 0 Å². The third kappa shape index (κ3) is 24.7. The van der Waals surface area contributed by atoms with Gasteiger partial charge in [-0.3, -0.25) is 9.59 Å². The summed E-state index contributed by atoms with van der Waals surface area (Å²) in [5.74, 6) is -1.24. The lowest BCUT2D eigenvalue weighted by atomic mass is 10.3. The van der Waals surface area contributed by atoms with E-state index < -0.39 is 5.97 Å². The molecule has 0 spiro atoms. The number of aliphatic hydroxyl groups is 1. The van der Waals surface area contributed by atoms with Crippen LogP contribution >= 0.6 is 0 Å². The minimum Gasteiger partial charge on any atom is -0.481 e. The maximum absolute atomic E-state index is 11.3. The minimum absolute atomic E-state index is 0.00474. The van der Waals surface area contributed by atoms with Crippen molar-refractivity contribution in [3.63, 3.8) is 0 Å². The molecule has 0 radical (unpaired) electrons. The summed E-state index contributed by atoms with van der Waals surface area (Å²) in [4.78, 5) is 21.6. The van der Waals surface area contributed by atoms with E-state index in [1.54, 1.807) is 0 Å². The summed E-state index contributed by atoms with van der Waals surface area (Å²) in [6, 6.07) is 0. The Balaban J connectivity index is 3.08. The second-order valence-electron chi connectivity index (χ2n) is 6.00. The zero-order chi connectivity index (χ0) is 22.1. The Bertz CT molecular complexity index is 398. The van der Waals surface area contributed by atoms with Crippen LogP contribution in [0, 0.1) is 0 Å². The van der Waals surface area contributed by atoms with Gasteiger partial charge >= 0.3 is 5.97 Å². The first-order chi connectivity index (χ1) is 14.7. The van der Waals surface area contributed by atoms with E-state index in [4.69, 9.17) is 38.6 Å². The van der Waals surface area contributed by atoms with Gasteiger partial charge < -0.3 is 44.0 Å². The number of rotatable bonds is 24. The van der Waals surface area contributed by atoms with Gasteiger partial charge in [0.2, 0.25) is 5.91 Å². The summed E-state index contributed by atoms with van der Waals surface area (Å²) in [6.45, 7) is 6.06. The van der Waals surface area contributed by atoms with Crippen LogP contribution in [-0.2, 0) is 38.0 Å². The number of carbonyl (C=O) groups excluding carboxylic acids is 1. The van der Waals surface area contributed by atoms with E-state index in [0.717, 1.165) is 0 Å². The summed E-state index contributed by atoms with van der Waals surface area (Å²) in [6.07, 6.45) is 0.495. The van der Waals surface area contributed by atoms with Gasteiger partial charge in [-0.1, -0.05) is 0 Å². The van der Waals surface area contributed by atoms with E-state index in [1.165, 1.54) is 0 Å². The standard InChI is InChI=1S/C19H37NO10/c21-5-7-26-9-11-28-13-15-30-17-16-29-14-12-27-10-8-25-6-1-4-20-18(22)2-3-19(23)24/h21H,1-17H2,(H,20,22)(H,23,24). The van der Waals surface area contributed by atoms with Crippen molar-refractivity contribution in [2.24, 2.45) is 0 Å². The average molecular weight is 440 g/mol. The molecule has 0 bridgehead atoms. The maximum Gasteiger partial charge on any atom is 0.303 e. The molecule has 0 rings (SSSR count). The van der Waals surface area contributed by atoms with Crippen molar-refractivity contribution in [3.8, 4) is 0 Å². The highest BCUT2D eigenvalue weighted by Gasteiger charge is 2.04. The summed E-state index contributed by atoms with van der Waals surface area (Å²) < 4.78 is 31.8. The smallest absolute Gasteiger partial charge is 0.303 e. The lowest BCUT2D eigenvalue weighted by Gasteiger charge is -2.08. The summed E-state index contributed by atoms with van der Waals surface area (Å²) in [5, 5.41) is 19.6. The molecule has 0 aliphatic heterocycles. The molecule has 0 aliphatic carbocycles. The topological polar surface area (TPSA) is 142 Å². The first-order valence-electron chi connectivity index (χ1n) is 10.2. The number of carboxylic acids is 1. The monoisotopic (exact) mass is 439 g/mol. The molecule has 0 saturated heterocycles. The molecule has 30 heavy (non-hydrogen) atoms. The predicted molar refractivity (Wildman–Crippen MR) is 106 cm³/mol. The Morgan fingerprint density at radius 2 is 1.00 bits per heavy atom. The first kappa shape index (κ1) is 28.7. The Morgan fingerprint density at radius 1 is 0.600 bits per heavy atom. The molecule has 0 fully saturated rings. The van der Waals surface area contributed by atoms with Crippen molar-refractivity contribution < 1.29 is 48.2 Å². The molecule has 0 unspecified atom stereocenters. The second-order valence-corrected chi connectivity index (χ2v) is 6.00. The molecule has 0 heterocycles. The molecular formula is C19H37NO10. The number of carbonyl (C=O) groups is 2. The number of hydrogen-bond donors (Lipinski definition) is 3. The van der Waals surface area contributed by atoms with E-state index in [9.17, 15) is 9.59 Å². The van der Waals surface area contributed by atoms with Crippen LogP contribution in [0.4, 0.5) is 0 Å².